The average molecular weight is 521 g/mol. The number of ether oxygens (including phenoxy) is 1. The number of rotatable bonds is 11. The minimum absolute atomic E-state index is 0.0266. The van der Waals surface area contributed by atoms with Crippen LogP contribution in [0.5, 0.6) is 5.75 Å². The first kappa shape index (κ1) is 26.3. The minimum Gasteiger partial charge on any atom is -0.494 e. The van der Waals surface area contributed by atoms with Crippen LogP contribution in [-0.2, 0) is 16.0 Å². The molecule has 2 aromatic rings. The van der Waals surface area contributed by atoms with Gasteiger partial charge in [-0.05, 0) is 42.7 Å². The third kappa shape index (κ3) is 7.34. The van der Waals surface area contributed by atoms with Gasteiger partial charge in [-0.25, -0.2) is 9.79 Å². The van der Waals surface area contributed by atoms with Crippen molar-refractivity contribution >= 4 is 46.9 Å². The van der Waals surface area contributed by atoms with Crippen LogP contribution in [0.1, 0.15) is 28.8 Å². The smallest absolute Gasteiger partial charge is 0.326 e. The third-order valence-electron chi connectivity index (χ3n) is 5.34. The van der Waals surface area contributed by atoms with Gasteiger partial charge in [-0.1, -0.05) is 41.4 Å². The number of halogens is 2. The highest BCUT2D eigenvalue weighted by Gasteiger charge is 2.24. The number of hydrogen-bond donors (Lipinski definition) is 3. The van der Waals surface area contributed by atoms with E-state index in [9.17, 15) is 19.5 Å². The lowest BCUT2D eigenvalue weighted by atomic mass is 10.1. The Morgan fingerprint density at radius 3 is 2.43 bits per heavy atom. The number of carboxylic acids is 1. The van der Waals surface area contributed by atoms with E-state index in [0.29, 0.717) is 24.9 Å². The number of nitrogens with zero attached hydrogens (tertiary/aromatic N) is 2. The van der Waals surface area contributed by atoms with Gasteiger partial charge < -0.3 is 20.5 Å². The molecule has 1 heterocycles. The molecular formula is C24H26Cl2N4O5. The number of benzene rings is 2. The Kier molecular flexibility index (Phi) is 9.33. The lowest BCUT2D eigenvalue weighted by Gasteiger charge is -2.16. The van der Waals surface area contributed by atoms with E-state index in [1.807, 2.05) is 0 Å². The van der Waals surface area contributed by atoms with Crippen LogP contribution in [0.2, 0.25) is 10.0 Å². The Hall–Kier alpha value is -3.30. The molecule has 0 saturated carbocycles. The van der Waals surface area contributed by atoms with Gasteiger partial charge in [0.25, 0.3) is 11.8 Å². The third-order valence-corrected chi connectivity index (χ3v) is 5.97. The molecule has 0 unspecified atom stereocenters. The maximum absolute atomic E-state index is 12.6. The number of likely N-dealkylation sites (N-methyl/N-ethyl adjacent to an activating group) is 1. The number of unbranched alkanes of at least 4 members (excludes halogenated alkanes) is 1. The summed E-state index contributed by atoms with van der Waals surface area (Å²) in [5.74, 6) is -0.597. The molecule has 186 valence electrons. The van der Waals surface area contributed by atoms with Crippen LogP contribution in [0, 0.1) is 0 Å². The molecule has 2 amide bonds. The number of carbonyl (C=O) groups excluding carboxylic acids is 2. The van der Waals surface area contributed by atoms with Crippen molar-refractivity contribution in [3.05, 3.63) is 63.6 Å². The quantitative estimate of drug-likeness (QED) is 0.391. The fraction of sp³-hybridized carbons (Fsp3) is 0.333. The van der Waals surface area contributed by atoms with E-state index in [-0.39, 0.29) is 34.5 Å². The van der Waals surface area contributed by atoms with E-state index in [1.165, 1.54) is 17.0 Å². The summed E-state index contributed by atoms with van der Waals surface area (Å²) >= 11 is 12.1. The van der Waals surface area contributed by atoms with Gasteiger partial charge in [0.1, 0.15) is 18.3 Å². The first-order valence-electron chi connectivity index (χ1n) is 11.0. The summed E-state index contributed by atoms with van der Waals surface area (Å²) in [5, 5.41) is 15.5. The molecule has 3 N–H and O–H groups in total. The molecular weight excluding hydrogens is 495 g/mol. The standard InChI is InChI=1S/C24H26Cl2N4O5/c1-30-20(31)14-28-24(30)27-11-2-3-12-35-16-9-7-15(8-10-16)13-19(23(33)34)29-22(32)21-17(25)5-4-6-18(21)26/h4-10,19H,2-3,11-14H2,1H3,(H,27,28)(H,29,32)(H,33,34)/t19-/m1/s1. The van der Waals surface area contributed by atoms with E-state index < -0.39 is 17.9 Å². The summed E-state index contributed by atoms with van der Waals surface area (Å²) in [4.78, 5) is 41.3. The monoisotopic (exact) mass is 520 g/mol. The number of nitrogens with one attached hydrogen (secondary N) is 2. The summed E-state index contributed by atoms with van der Waals surface area (Å²) in [6, 6.07) is 10.5. The molecule has 1 aliphatic heterocycles. The van der Waals surface area contributed by atoms with Gasteiger partial charge in [-0.2, -0.15) is 0 Å². The zero-order valence-corrected chi connectivity index (χ0v) is 20.6. The zero-order valence-electron chi connectivity index (χ0n) is 19.1. The molecule has 0 aliphatic carbocycles. The number of carboxylic acid groups (broad SMARTS) is 1. The summed E-state index contributed by atoms with van der Waals surface area (Å²) in [5.41, 5.74) is 0.758. The highest BCUT2D eigenvalue weighted by atomic mass is 35.5. The number of aliphatic imine (C=N–C) groups is 1. The van der Waals surface area contributed by atoms with Crippen molar-refractivity contribution in [1.29, 1.82) is 0 Å². The van der Waals surface area contributed by atoms with Crippen molar-refractivity contribution in [2.24, 2.45) is 4.99 Å². The molecule has 1 aliphatic rings. The minimum atomic E-state index is -1.17. The van der Waals surface area contributed by atoms with Gasteiger partial charge in [0.05, 0.1) is 22.2 Å². The normalized spacial score (nSPS) is 13.9. The van der Waals surface area contributed by atoms with Crippen LogP contribution >= 0.6 is 23.2 Å². The van der Waals surface area contributed by atoms with Gasteiger partial charge in [0.2, 0.25) is 5.96 Å². The van der Waals surface area contributed by atoms with Gasteiger partial charge in [-0.15, -0.1) is 0 Å². The molecule has 3 rings (SSSR count). The second-order valence-electron chi connectivity index (χ2n) is 7.88. The van der Waals surface area contributed by atoms with Crippen molar-refractivity contribution in [3.8, 4) is 5.75 Å². The van der Waals surface area contributed by atoms with Crippen LogP contribution in [0.4, 0.5) is 0 Å². The van der Waals surface area contributed by atoms with Crippen LogP contribution in [0.3, 0.4) is 0 Å². The van der Waals surface area contributed by atoms with Crippen molar-refractivity contribution in [2.45, 2.75) is 25.3 Å². The first-order valence-corrected chi connectivity index (χ1v) is 11.8. The SMILES string of the molecule is CN1C(=O)CN=C1NCCCCOc1ccc(C[C@@H](NC(=O)c2c(Cl)cccc2Cl)C(=O)O)cc1. The van der Waals surface area contributed by atoms with Gasteiger partial charge in [0, 0.05) is 20.0 Å². The predicted molar refractivity (Wildman–Crippen MR) is 133 cm³/mol. The van der Waals surface area contributed by atoms with E-state index in [1.54, 1.807) is 37.4 Å². The van der Waals surface area contributed by atoms with Gasteiger partial charge in [0.15, 0.2) is 0 Å². The van der Waals surface area contributed by atoms with Crippen molar-refractivity contribution < 1.29 is 24.2 Å². The van der Waals surface area contributed by atoms with Crippen LogP contribution in [0.15, 0.2) is 47.5 Å². The second kappa shape index (κ2) is 12.4. The van der Waals surface area contributed by atoms with Crippen LogP contribution < -0.4 is 15.4 Å². The fourth-order valence-corrected chi connectivity index (χ4v) is 3.94. The molecule has 0 radical (unpaired) electrons. The summed E-state index contributed by atoms with van der Waals surface area (Å²) < 4.78 is 5.73. The molecule has 1 atom stereocenters. The molecule has 0 spiro atoms. The topological polar surface area (TPSA) is 120 Å². The van der Waals surface area contributed by atoms with Crippen molar-refractivity contribution in [1.82, 2.24) is 15.5 Å². The fourth-order valence-electron chi connectivity index (χ4n) is 3.37. The van der Waals surface area contributed by atoms with Crippen LogP contribution in [-0.4, -0.2) is 66.5 Å². The zero-order chi connectivity index (χ0) is 25.4. The molecule has 0 saturated heterocycles. The van der Waals surface area contributed by atoms with Crippen LogP contribution in [0.25, 0.3) is 0 Å². The number of hydrogen-bond acceptors (Lipinski definition) is 6. The summed E-state index contributed by atoms with van der Waals surface area (Å²) in [6.07, 6.45) is 1.72. The largest absolute Gasteiger partial charge is 0.494 e. The number of guanidine groups is 1. The lowest BCUT2D eigenvalue weighted by Crippen LogP contribution is -2.42. The Bertz CT molecular complexity index is 1090. The number of carbonyl (C=O) groups is 3. The molecule has 2 aromatic carbocycles. The number of amides is 2. The molecule has 11 heteroatoms. The Morgan fingerprint density at radius 1 is 1.14 bits per heavy atom. The summed E-state index contributed by atoms with van der Waals surface area (Å²) in [6.45, 7) is 1.38. The van der Waals surface area contributed by atoms with E-state index >= 15 is 0 Å². The van der Waals surface area contributed by atoms with Crippen molar-refractivity contribution in [3.63, 3.8) is 0 Å². The highest BCUT2D eigenvalue weighted by molar-refractivity contribution is 6.39. The molecule has 0 aromatic heterocycles. The molecule has 0 fully saturated rings. The first-order chi connectivity index (χ1) is 16.8. The predicted octanol–water partition coefficient (Wildman–Crippen LogP) is 3.00. The van der Waals surface area contributed by atoms with Crippen molar-refractivity contribution in [2.75, 3.05) is 26.7 Å². The molecule has 9 nitrogen and oxygen atoms in total. The Labute approximate surface area is 213 Å². The maximum atomic E-state index is 12.6. The second-order valence-corrected chi connectivity index (χ2v) is 8.70. The van der Waals surface area contributed by atoms with E-state index in [0.717, 1.165) is 18.4 Å². The average Bonchev–Trinajstić information content (AvgIpc) is 3.14. The Morgan fingerprint density at radius 2 is 1.83 bits per heavy atom. The van der Waals surface area contributed by atoms with E-state index in [2.05, 4.69) is 15.6 Å². The number of aliphatic carboxylic acids is 1. The Balaban J connectivity index is 1.43. The molecule has 35 heavy (non-hydrogen) atoms. The summed E-state index contributed by atoms with van der Waals surface area (Å²) in [7, 11) is 1.69. The van der Waals surface area contributed by atoms with Gasteiger partial charge >= 0.3 is 5.97 Å². The maximum Gasteiger partial charge on any atom is 0.326 e. The van der Waals surface area contributed by atoms with E-state index in [4.69, 9.17) is 27.9 Å². The lowest BCUT2D eigenvalue weighted by molar-refractivity contribution is -0.139. The van der Waals surface area contributed by atoms with Gasteiger partial charge in [-0.3, -0.25) is 14.5 Å². The molecule has 0 bridgehead atoms. The highest BCUT2D eigenvalue weighted by Crippen LogP contribution is 2.24.